The molecule has 6 nitrogen and oxygen atoms in total. The molecule has 0 atom stereocenters. The Kier molecular flexibility index (Phi) is 4.85. The van der Waals surface area contributed by atoms with Crippen LogP contribution in [0.5, 0.6) is 0 Å². The zero-order valence-corrected chi connectivity index (χ0v) is 15.5. The first-order valence-corrected chi connectivity index (χ1v) is 8.92. The van der Waals surface area contributed by atoms with Gasteiger partial charge in [-0.05, 0) is 7.05 Å². The summed E-state index contributed by atoms with van der Waals surface area (Å²) in [5.41, 5.74) is -1.61. The minimum atomic E-state index is -1.41. The summed E-state index contributed by atoms with van der Waals surface area (Å²) in [4.78, 5) is 28.9. The minimum Gasteiger partial charge on any atom is -0.478 e. The van der Waals surface area contributed by atoms with Crippen molar-refractivity contribution >= 4 is 38.8 Å². The van der Waals surface area contributed by atoms with Crippen molar-refractivity contribution in [1.29, 1.82) is 0 Å². The second-order valence-electron chi connectivity index (χ2n) is 6.50. The molecule has 0 amide bonds. The van der Waals surface area contributed by atoms with Crippen LogP contribution in [0.25, 0.3) is 10.1 Å². The molecule has 0 aliphatic carbocycles. The number of anilines is 2. The average molecular weight is 383 g/mol. The van der Waals surface area contributed by atoms with Crippen molar-refractivity contribution in [3.63, 3.8) is 0 Å². The van der Waals surface area contributed by atoms with Gasteiger partial charge in [0.15, 0.2) is 11.6 Å². The summed E-state index contributed by atoms with van der Waals surface area (Å²) in [5.74, 6) is -3.06. The molecule has 0 bridgehead atoms. The molecule has 26 heavy (non-hydrogen) atoms. The van der Waals surface area contributed by atoms with E-state index in [-0.39, 0.29) is 21.5 Å². The maximum absolute atomic E-state index is 15.3. The molecule has 0 unspecified atom stereocenters. The molecule has 3 rings (SSSR count). The van der Waals surface area contributed by atoms with Crippen LogP contribution in [0.3, 0.4) is 0 Å². The summed E-state index contributed by atoms with van der Waals surface area (Å²) in [7, 11) is 5.02. The normalized spacial score (nSPS) is 15.5. The lowest BCUT2D eigenvalue weighted by Crippen LogP contribution is -2.45. The van der Waals surface area contributed by atoms with Crippen LogP contribution in [0.15, 0.2) is 10.2 Å². The molecule has 0 saturated carbocycles. The van der Waals surface area contributed by atoms with Gasteiger partial charge >= 0.3 is 5.97 Å². The molecule has 140 valence electrons. The van der Waals surface area contributed by atoms with Crippen molar-refractivity contribution < 1.29 is 18.7 Å². The summed E-state index contributed by atoms with van der Waals surface area (Å²) in [6.45, 7) is 2.26. The third-order valence-electron chi connectivity index (χ3n) is 4.55. The summed E-state index contributed by atoms with van der Waals surface area (Å²) < 4.78 is 30.4. The van der Waals surface area contributed by atoms with E-state index in [1.54, 1.807) is 19.0 Å². The number of hydrogen-bond acceptors (Lipinski definition) is 6. The summed E-state index contributed by atoms with van der Waals surface area (Å²) in [6.07, 6.45) is 0. The van der Waals surface area contributed by atoms with E-state index in [0.29, 0.717) is 26.2 Å². The lowest BCUT2D eigenvalue weighted by atomic mass is 10.1. The number of nitrogens with zero attached hydrogens (tertiary/aromatic N) is 3. The number of carboxylic acids is 1. The fourth-order valence-corrected chi connectivity index (χ4v) is 4.10. The number of halogens is 2. The number of likely N-dealkylation sites (N-methyl/N-ethyl adjacent to an activating group) is 1. The predicted molar refractivity (Wildman–Crippen MR) is 99.0 cm³/mol. The number of carboxylic acid groups (broad SMARTS) is 1. The van der Waals surface area contributed by atoms with E-state index in [4.69, 9.17) is 5.11 Å². The lowest BCUT2D eigenvalue weighted by molar-refractivity contribution is 0.0696. The minimum absolute atomic E-state index is 0.0287. The Balaban J connectivity index is 2.34. The lowest BCUT2D eigenvalue weighted by Gasteiger charge is -2.35. The predicted octanol–water partition coefficient (Wildman–Crippen LogP) is 2.06. The number of piperazine rings is 1. The maximum atomic E-state index is 15.3. The van der Waals surface area contributed by atoms with Gasteiger partial charge in [0.1, 0.15) is 11.3 Å². The van der Waals surface area contributed by atoms with Crippen molar-refractivity contribution in [3.05, 3.63) is 32.8 Å². The quantitative estimate of drug-likeness (QED) is 0.875. The molecular weight excluding hydrogens is 364 g/mol. The van der Waals surface area contributed by atoms with E-state index in [9.17, 15) is 9.59 Å². The van der Waals surface area contributed by atoms with Gasteiger partial charge in [0.05, 0.1) is 15.8 Å². The maximum Gasteiger partial charge on any atom is 0.340 e. The smallest absolute Gasteiger partial charge is 0.340 e. The number of benzene rings is 1. The van der Waals surface area contributed by atoms with Crippen LogP contribution in [0.4, 0.5) is 20.2 Å². The highest BCUT2D eigenvalue weighted by atomic mass is 32.1. The zero-order valence-electron chi connectivity index (χ0n) is 14.7. The zero-order chi connectivity index (χ0) is 19.2. The first-order chi connectivity index (χ1) is 12.2. The first kappa shape index (κ1) is 18.5. The standard InChI is InChI=1S/C17H19F2N3O3S/c1-20(2)13-10-15(23)9(17(24)25)8-26-16(10)12(19)14(11(13)18)22-6-4-21(3)5-7-22/h8H,4-7H2,1-3H3,(H,24,25). The highest BCUT2D eigenvalue weighted by Gasteiger charge is 2.29. The first-order valence-electron chi connectivity index (χ1n) is 8.04. The average Bonchev–Trinajstić information content (AvgIpc) is 2.57. The number of carbonyl (C=O) groups is 1. The van der Waals surface area contributed by atoms with Crippen molar-refractivity contribution in [2.24, 2.45) is 0 Å². The van der Waals surface area contributed by atoms with Crippen LogP contribution in [0, 0.1) is 11.6 Å². The molecule has 0 radical (unpaired) electrons. The third-order valence-corrected chi connectivity index (χ3v) is 5.52. The van der Waals surface area contributed by atoms with Crippen LogP contribution in [0.1, 0.15) is 10.4 Å². The van der Waals surface area contributed by atoms with E-state index in [2.05, 4.69) is 4.90 Å². The van der Waals surface area contributed by atoms with Gasteiger partial charge in [-0.1, -0.05) is 0 Å². The SMILES string of the molecule is CN1CCN(c2c(F)c(N(C)C)c3c(=O)c(C(=O)O)csc3c2F)CC1. The van der Waals surface area contributed by atoms with Crippen molar-refractivity contribution in [3.8, 4) is 0 Å². The van der Waals surface area contributed by atoms with Gasteiger partial charge in [0.25, 0.3) is 0 Å². The van der Waals surface area contributed by atoms with Gasteiger partial charge in [-0.25, -0.2) is 13.6 Å². The Bertz CT molecular complexity index is 937. The van der Waals surface area contributed by atoms with E-state index in [0.717, 1.165) is 16.7 Å². The highest BCUT2D eigenvalue weighted by molar-refractivity contribution is 7.17. The van der Waals surface area contributed by atoms with Gasteiger partial charge < -0.3 is 19.8 Å². The Morgan fingerprint density at radius 1 is 1.19 bits per heavy atom. The van der Waals surface area contributed by atoms with Crippen molar-refractivity contribution in [2.45, 2.75) is 0 Å². The largest absolute Gasteiger partial charge is 0.478 e. The second-order valence-corrected chi connectivity index (χ2v) is 7.38. The van der Waals surface area contributed by atoms with E-state index >= 15 is 8.78 Å². The molecular formula is C17H19F2N3O3S. The molecule has 1 aliphatic heterocycles. The number of rotatable bonds is 3. The van der Waals surface area contributed by atoms with E-state index in [1.165, 1.54) is 4.90 Å². The van der Waals surface area contributed by atoms with Crippen LogP contribution >= 0.6 is 11.3 Å². The number of fused-ring (bicyclic) bond motifs is 1. The van der Waals surface area contributed by atoms with Crippen LogP contribution in [-0.2, 0) is 0 Å². The van der Waals surface area contributed by atoms with Crippen LogP contribution < -0.4 is 15.2 Å². The monoisotopic (exact) mass is 383 g/mol. The van der Waals surface area contributed by atoms with Gasteiger partial charge in [-0.3, -0.25) is 4.79 Å². The van der Waals surface area contributed by atoms with E-state index < -0.39 is 28.6 Å². The fourth-order valence-electron chi connectivity index (χ4n) is 3.15. The van der Waals surface area contributed by atoms with Crippen LogP contribution in [0.2, 0.25) is 0 Å². The van der Waals surface area contributed by atoms with Crippen molar-refractivity contribution in [2.75, 3.05) is 57.1 Å². The molecule has 1 N–H and O–H groups in total. The van der Waals surface area contributed by atoms with Crippen molar-refractivity contribution in [1.82, 2.24) is 4.90 Å². The molecule has 1 fully saturated rings. The summed E-state index contributed by atoms with van der Waals surface area (Å²) in [5, 5.41) is 10.1. The summed E-state index contributed by atoms with van der Waals surface area (Å²) >= 11 is 0.805. The molecule has 1 aliphatic rings. The fraction of sp³-hybridized carbons (Fsp3) is 0.412. The molecule has 1 saturated heterocycles. The van der Waals surface area contributed by atoms with Gasteiger partial charge in [0.2, 0.25) is 5.43 Å². The Morgan fingerprint density at radius 2 is 1.81 bits per heavy atom. The Morgan fingerprint density at radius 3 is 2.35 bits per heavy atom. The van der Waals surface area contributed by atoms with E-state index in [1.807, 2.05) is 7.05 Å². The summed E-state index contributed by atoms with van der Waals surface area (Å²) in [6, 6.07) is 0. The Hall–Kier alpha value is -2.26. The Labute approximate surface area is 152 Å². The topological polar surface area (TPSA) is 64.1 Å². The molecule has 1 aromatic heterocycles. The number of hydrogen-bond donors (Lipinski definition) is 1. The second kappa shape index (κ2) is 6.81. The number of aromatic carboxylic acids is 1. The molecule has 2 heterocycles. The molecule has 1 aromatic carbocycles. The third kappa shape index (κ3) is 2.90. The van der Waals surface area contributed by atoms with Gasteiger partial charge in [0, 0.05) is 45.7 Å². The molecule has 2 aromatic rings. The highest BCUT2D eigenvalue weighted by Crippen LogP contribution is 2.39. The van der Waals surface area contributed by atoms with Gasteiger partial charge in [-0.2, -0.15) is 0 Å². The van der Waals surface area contributed by atoms with Gasteiger partial charge in [-0.15, -0.1) is 11.3 Å². The molecule has 0 spiro atoms. The molecule has 9 heteroatoms. The van der Waals surface area contributed by atoms with Crippen LogP contribution in [-0.4, -0.2) is 63.3 Å².